The number of carbonyl (C=O) groups excluding carboxylic acids is 1. The first-order valence-corrected chi connectivity index (χ1v) is 10.0. The Bertz CT molecular complexity index is 810. The topological polar surface area (TPSA) is 57.4 Å². The molecule has 1 unspecified atom stereocenters. The average Bonchev–Trinajstić information content (AvgIpc) is 2.97. The number of H-pyrrole nitrogens is 1. The third-order valence-electron chi connectivity index (χ3n) is 5.82. The second-order valence-corrected chi connectivity index (χ2v) is 8.12. The van der Waals surface area contributed by atoms with Crippen molar-refractivity contribution in [3.63, 3.8) is 0 Å². The first-order chi connectivity index (χ1) is 12.9. The van der Waals surface area contributed by atoms with Crippen LogP contribution in [0.1, 0.15) is 36.2 Å². The molecule has 0 spiro atoms. The van der Waals surface area contributed by atoms with Crippen molar-refractivity contribution in [2.75, 3.05) is 32.8 Å². The maximum Gasteiger partial charge on any atom is 0.224 e. The van der Waals surface area contributed by atoms with E-state index in [-0.39, 0.29) is 18.3 Å². The molecule has 1 aromatic carbocycles. The number of aryl methyl sites for hydroxylation is 3. The summed E-state index contributed by atoms with van der Waals surface area (Å²) in [5.41, 5.74) is 5.81. The Morgan fingerprint density at radius 3 is 2.46 bits per heavy atom. The van der Waals surface area contributed by atoms with Gasteiger partial charge in [-0.1, -0.05) is 26.0 Å². The summed E-state index contributed by atoms with van der Waals surface area (Å²) in [6.07, 6.45) is 0.421. The van der Waals surface area contributed by atoms with Crippen molar-refractivity contribution in [1.29, 1.82) is 0 Å². The fourth-order valence-corrected chi connectivity index (χ4v) is 4.17. The molecular weight excluding hydrogens is 374 g/mol. The number of aromatic nitrogens is 1. The number of rotatable bonds is 6. The molecule has 156 valence electrons. The summed E-state index contributed by atoms with van der Waals surface area (Å²) in [7, 11) is 0. The van der Waals surface area contributed by atoms with E-state index in [1.165, 1.54) is 16.5 Å². The van der Waals surface area contributed by atoms with Crippen molar-refractivity contribution >= 4 is 29.2 Å². The van der Waals surface area contributed by atoms with E-state index in [0.29, 0.717) is 24.9 Å². The maximum absolute atomic E-state index is 12.7. The zero-order chi connectivity index (χ0) is 19.6. The van der Waals surface area contributed by atoms with Gasteiger partial charge in [-0.05, 0) is 43.4 Å². The van der Waals surface area contributed by atoms with Crippen LogP contribution in [0.2, 0.25) is 0 Å². The summed E-state index contributed by atoms with van der Waals surface area (Å²) in [6, 6.07) is 4.62. The number of ether oxygens (including phenoxy) is 1. The van der Waals surface area contributed by atoms with Gasteiger partial charge in [-0.15, -0.1) is 12.4 Å². The molecule has 2 heterocycles. The number of hydrogen-bond donors (Lipinski definition) is 2. The van der Waals surface area contributed by atoms with Gasteiger partial charge in [0.15, 0.2) is 0 Å². The maximum atomic E-state index is 12.7. The molecule has 1 aliphatic rings. The average molecular weight is 408 g/mol. The molecule has 3 rings (SSSR count). The first-order valence-electron chi connectivity index (χ1n) is 10.0. The van der Waals surface area contributed by atoms with Crippen molar-refractivity contribution in [2.24, 2.45) is 5.92 Å². The van der Waals surface area contributed by atoms with Gasteiger partial charge < -0.3 is 15.0 Å². The van der Waals surface area contributed by atoms with E-state index in [4.69, 9.17) is 4.74 Å². The van der Waals surface area contributed by atoms with E-state index in [0.717, 1.165) is 43.1 Å². The number of amides is 1. The zero-order valence-corrected chi connectivity index (χ0v) is 18.5. The highest BCUT2D eigenvalue weighted by Gasteiger charge is 2.24. The van der Waals surface area contributed by atoms with E-state index in [1.807, 2.05) is 0 Å². The second kappa shape index (κ2) is 9.77. The van der Waals surface area contributed by atoms with Crippen LogP contribution in [-0.4, -0.2) is 54.7 Å². The SMILES string of the molecule is Cc1[nH]c2c(C)ccc(C)c2c1CC(=O)NCC(C(C)C)N1CCOCC1.Cl. The van der Waals surface area contributed by atoms with Crippen LogP contribution in [0.25, 0.3) is 10.9 Å². The van der Waals surface area contributed by atoms with Crippen LogP contribution in [0, 0.1) is 26.7 Å². The Hall–Kier alpha value is -1.56. The number of aromatic amines is 1. The van der Waals surface area contributed by atoms with Gasteiger partial charge in [-0.25, -0.2) is 0 Å². The molecule has 2 aromatic rings. The van der Waals surface area contributed by atoms with Crippen molar-refractivity contribution in [2.45, 2.75) is 47.1 Å². The first kappa shape index (κ1) is 22.7. The number of carbonyl (C=O) groups is 1. The quantitative estimate of drug-likeness (QED) is 0.770. The largest absolute Gasteiger partial charge is 0.379 e. The predicted octanol–water partition coefficient (Wildman–Crippen LogP) is 3.53. The highest BCUT2D eigenvalue weighted by atomic mass is 35.5. The fourth-order valence-electron chi connectivity index (χ4n) is 4.17. The summed E-state index contributed by atoms with van der Waals surface area (Å²) in [5.74, 6) is 0.585. The van der Waals surface area contributed by atoms with Gasteiger partial charge in [-0.3, -0.25) is 9.69 Å². The van der Waals surface area contributed by atoms with Crippen LogP contribution in [0.5, 0.6) is 0 Å². The molecule has 0 bridgehead atoms. The third kappa shape index (κ3) is 4.88. The van der Waals surface area contributed by atoms with Gasteiger partial charge >= 0.3 is 0 Å². The van der Waals surface area contributed by atoms with E-state index in [1.54, 1.807) is 0 Å². The van der Waals surface area contributed by atoms with Crippen molar-refractivity contribution < 1.29 is 9.53 Å². The lowest BCUT2D eigenvalue weighted by Gasteiger charge is -2.36. The molecule has 6 heteroatoms. The summed E-state index contributed by atoms with van der Waals surface area (Å²) >= 11 is 0. The predicted molar refractivity (Wildman–Crippen MR) is 117 cm³/mol. The standard InChI is InChI=1S/C22H33N3O2.ClH/c1-14(2)19(25-8-10-27-11-9-25)13-23-20(26)12-18-17(5)24-22-16(4)7-6-15(3)21(18)22;/h6-7,14,19,24H,8-13H2,1-5H3,(H,23,26);1H. The molecule has 1 aliphatic heterocycles. The number of nitrogens with zero attached hydrogens (tertiary/aromatic N) is 1. The third-order valence-corrected chi connectivity index (χ3v) is 5.82. The molecule has 0 radical (unpaired) electrons. The number of benzene rings is 1. The highest BCUT2D eigenvalue weighted by molar-refractivity contribution is 5.93. The molecule has 2 N–H and O–H groups in total. The molecule has 28 heavy (non-hydrogen) atoms. The monoisotopic (exact) mass is 407 g/mol. The van der Waals surface area contributed by atoms with Crippen LogP contribution in [0.4, 0.5) is 0 Å². The smallest absolute Gasteiger partial charge is 0.224 e. The minimum Gasteiger partial charge on any atom is -0.379 e. The van der Waals surface area contributed by atoms with Crippen LogP contribution in [0.15, 0.2) is 12.1 Å². The Morgan fingerprint density at radius 2 is 1.82 bits per heavy atom. The normalized spacial score (nSPS) is 16.2. The zero-order valence-electron chi connectivity index (χ0n) is 17.7. The van der Waals surface area contributed by atoms with Gasteiger partial charge in [0.2, 0.25) is 5.91 Å². The number of halogens is 1. The minimum atomic E-state index is 0. The Labute approximate surface area is 174 Å². The molecule has 0 saturated carbocycles. The van der Waals surface area contributed by atoms with Crippen LogP contribution in [-0.2, 0) is 16.0 Å². The summed E-state index contributed by atoms with van der Waals surface area (Å²) in [4.78, 5) is 18.7. The summed E-state index contributed by atoms with van der Waals surface area (Å²) in [5, 5.41) is 4.40. The van der Waals surface area contributed by atoms with Gasteiger partial charge in [-0.2, -0.15) is 0 Å². The lowest BCUT2D eigenvalue weighted by atomic mass is 10.00. The van der Waals surface area contributed by atoms with Gasteiger partial charge in [0, 0.05) is 42.3 Å². The van der Waals surface area contributed by atoms with Gasteiger partial charge in [0.05, 0.1) is 19.6 Å². The second-order valence-electron chi connectivity index (χ2n) is 8.12. The van der Waals surface area contributed by atoms with Crippen molar-refractivity contribution in [3.05, 3.63) is 34.5 Å². The molecule has 1 aromatic heterocycles. The fraction of sp³-hybridized carbons (Fsp3) is 0.591. The number of morpholine rings is 1. The van der Waals surface area contributed by atoms with E-state index in [9.17, 15) is 4.79 Å². The molecular formula is C22H34ClN3O2. The van der Waals surface area contributed by atoms with Crippen LogP contribution in [0.3, 0.4) is 0 Å². The minimum absolute atomic E-state index is 0. The number of nitrogens with one attached hydrogen (secondary N) is 2. The summed E-state index contributed by atoms with van der Waals surface area (Å²) in [6.45, 7) is 14.9. The van der Waals surface area contributed by atoms with Crippen LogP contribution >= 0.6 is 12.4 Å². The Kier molecular flexibility index (Phi) is 7.93. The summed E-state index contributed by atoms with van der Waals surface area (Å²) < 4.78 is 5.47. The van der Waals surface area contributed by atoms with Crippen LogP contribution < -0.4 is 5.32 Å². The number of hydrogen-bond acceptors (Lipinski definition) is 3. The molecule has 0 aliphatic carbocycles. The highest BCUT2D eigenvalue weighted by Crippen LogP contribution is 2.28. The van der Waals surface area contributed by atoms with Crippen molar-refractivity contribution in [1.82, 2.24) is 15.2 Å². The molecule has 5 nitrogen and oxygen atoms in total. The number of fused-ring (bicyclic) bond motifs is 1. The lowest BCUT2D eigenvalue weighted by molar-refractivity contribution is -0.120. The molecule has 1 fully saturated rings. The van der Waals surface area contributed by atoms with E-state index < -0.39 is 0 Å². The van der Waals surface area contributed by atoms with E-state index >= 15 is 0 Å². The molecule has 1 saturated heterocycles. The Balaban J connectivity index is 0.00000280. The van der Waals surface area contributed by atoms with Gasteiger partial charge in [0.1, 0.15) is 0 Å². The Morgan fingerprint density at radius 1 is 1.18 bits per heavy atom. The van der Waals surface area contributed by atoms with Crippen molar-refractivity contribution in [3.8, 4) is 0 Å². The van der Waals surface area contributed by atoms with E-state index in [2.05, 4.69) is 62.0 Å². The van der Waals surface area contributed by atoms with Gasteiger partial charge in [0.25, 0.3) is 0 Å². The molecule has 1 amide bonds. The molecule has 1 atom stereocenters. The lowest BCUT2D eigenvalue weighted by Crippen LogP contribution is -2.51.